The molecule has 0 saturated carbocycles. The van der Waals surface area contributed by atoms with Crippen molar-refractivity contribution >= 4 is 17.2 Å². The van der Waals surface area contributed by atoms with Crippen molar-refractivity contribution in [1.29, 1.82) is 0 Å². The minimum absolute atomic E-state index is 0.196. The third-order valence-electron chi connectivity index (χ3n) is 4.69. The normalized spacial score (nSPS) is 15.6. The summed E-state index contributed by atoms with van der Waals surface area (Å²) in [5.41, 5.74) is 3.62. The average molecular weight is 368 g/mol. The van der Waals surface area contributed by atoms with E-state index < -0.39 is 0 Å². The standard InChI is InChI=1S/C22H25FN2O2/c1-17(19-4-6-20(23)7-5-19)16-22(26)24-21-8-2-18(3-9-21)10-11-25-12-14-27-15-13-25/h2-9,16H,10-15H2,1H3,(H,24,26)/b17-16+. The monoisotopic (exact) mass is 368 g/mol. The summed E-state index contributed by atoms with van der Waals surface area (Å²) in [6.45, 7) is 6.48. The molecule has 27 heavy (non-hydrogen) atoms. The summed E-state index contributed by atoms with van der Waals surface area (Å²) < 4.78 is 18.3. The second kappa shape index (κ2) is 9.44. The summed E-state index contributed by atoms with van der Waals surface area (Å²) in [5, 5.41) is 2.87. The SMILES string of the molecule is C/C(=C\C(=O)Nc1ccc(CCN2CCOCC2)cc1)c1ccc(F)cc1. The van der Waals surface area contributed by atoms with E-state index >= 15 is 0 Å². The van der Waals surface area contributed by atoms with Gasteiger partial charge in [-0.05, 0) is 54.3 Å². The molecule has 3 rings (SSSR count). The van der Waals surface area contributed by atoms with Crippen LogP contribution in [0, 0.1) is 5.82 Å². The number of hydrogen-bond acceptors (Lipinski definition) is 3. The molecule has 1 amide bonds. The Hall–Kier alpha value is -2.50. The molecule has 0 bridgehead atoms. The lowest BCUT2D eigenvalue weighted by Gasteiger charge is -2.26. The number of nitrogens with zero attached hydrogens (tertiary/aromatic N) is 1. The predicted molar refractivity (Wildman–Crippen MR) is 106 cm³/mol. The molecular formula is C22H25FN2O2. The first-order chi connectivity index (χ1) is 13.1. The fourth-order valence-electron chi connectivity index (χ4n) is 3.04. The van der Waals surface area contributed by atoms with Gasteiger partial charge in [-0.25, -0.2) is 4.39 Å². The van der Waals surface area contributed by atoms with Crippen LogP contribution in [0.2, 0.25) is 0 Å². The van der Waals surface area contributed by atoms with Gasteiger partial charge in [0.25, 0.3) is 0 Å². The van der Waals surface area contributed by atoms with E-state index in [1.54, 1.807) is 12.1 Å². The van der Waals surface area contributed by atoms with Gasteiger partial charge >= 0.3 is 0 Å². The van der Waals surface area contributed by atoms with Crippen molar-refractivity contribution in [1.82, 2.24) is 4.90 Å². The number of ether oxygens (including phenoxy) is 1. The zero-order valence-corrected chi connectivity index (χ0v) is 15.6. The average Bonchev–Trinajstić information content (AvgIpc) is 2.68. The Morgan fingerprint density at radius 1 is 1.11 bits per heavy atom. The number of benzene rings is 2. The van der Waals surface area contributed by atoms with Gasteiger partial charge in [-0.15, -0.1) is 0 Å². The van der Waals surface area contributed by atoms with E-state index in [4.69, 9.17) is 4.74 Å². The van der Waals surface area contributed by atoms with Crippen molar-refractivity contribution < 1.29 is 13.9 Å². The van der Waals surface area contributed by atoms with E-state index in [0.717, 1.165) is 56.1 Å². The van der Waals surface area contributed by atoms with Crippen LogP contribution in [-0.4, -0.2) is 43.7 Å². The molecule has 2 aromatic rings. The Bertz CT molecular complexity index is 779. The molecule has 1 aliphatic heterocycles. The highest BCUT2D eigenvalue weighted by Crippen LogP contribution is 2.15. The van der Waals surface area contributed by atoms with Gasteiger partial charge in [-0.1, -0.05) is 24.3 Å². The van der Waals surface area contributed by atoms with Crippen molar-refractivity contribution in [3.63, 3.8) is 0 Å². The van der Waals surface area contributed by atoms with E-state index in [2.05, 4.69) is 10.2 Å². The zero-order chi connectivity index (χ0) is 19.1. The molecule has 1 saturated heterocycles. The predicted octanol–water partition coefficient (Wildman–Crippen LogP) is 3.74. The highest BCUT2D eigenvalue weighted by Gasteiger charge is 2.10. The van der Waals surface area contributed by atoms with Crippen LogP contribution in [0.1, 0.15) is 18.1 Å². The Balaban J connectivity index is 1.51. The van der Waals surface area contributed by atoms with E-state index in [1.165, 1.54) is 23.8 Å². The lowest BCUT2D eigenvalue weighted by atomic mass is 10.1. The van der Waals surface area contributed by atoms with Crippen molar-refractivity contribution in [2.75, 3.05) is 38.2 Å². The van der Waals surface area contributed by atoms with Gasteiger partial charge in [0, 0.05) is 31.4 Å². The highest BCUT2D eigenvalue weighted by atomic mass is 19.1. The summed E-state index contributed by atoms with van der Waals surface area (Å²) in [6.07, 6.45) is 2.51. The fraction of sp³-hybridized carbons (Fsp3) is 0.318. The van der Waals surface area contributed by atoms with Crippen LogP contribution >= 0.6 is 0 Å². The van der Waals surface area contributed by atoms with Gasteiger partial charge in [0.05, 0.1) is 13.2 Å². The number of hydrogen-bond donors (Lipinski definition) is 1. The number of amides is 1. The first-order valence-corrected chi connectivity index (χ1v) is 9.24. The molecule has 1 aliphatic rings. The molecule has 0 spiro atoms. The van der Waals surface area contributed by atoms with E-state index in [0.29, 0.717) is 0 Å². The van der Waals surface area contributed by atoms with Gasteiger partial charge in [0.2, 0.25) is 5.91 Å². The number of morpholine rings is 1. The van der Waals surface area contributed by atoms with Crippen molar-refractivity contribution in [3.8, 4) is 0 Å². The van der Waals surface area contributed by atoms with Gasteiger partial charge in [-0.2, -0.15) is 0 Å². The fourth-order valence-corrected chi connectivity index (χ4v) is 3.04. The second-order valence-electron chi connectivity index (χ2n) is 6.72. The Morgan fingerprint density at radius 3 is 2.44 bits per heavy atom. The molecule has 5 heteroatoms. The van der Waals surface area contributed by atoms with Gasteiger partial charge in [0.1, 0.15) is 5.82 Å². The molecule has 2 aromatic carbocycles. The van der Waals surface area contributed by atoms with Gasteiger partial charge < -0.3 is 10.1 Å². The molecular weight excluding hydrogens is 343 g/mol. The quantitative estimate of drug-likeness (QED) is 0.790. The maximum atomic E-state index is 13.0. The maximum absolute atomic E-state index is 13.0. The zero-order valence-electron chi connectivity index (χ0n) is 15.6. The molecule has 1 N–H and O–H groups in total. The minimum atomic E-state index is -0.287. The number of halogens is 1. The lowest BCUT2D eigenvalue weighted by Crippen LogP contribution is -2.37. The third-order valence-corrected chi connectivity index (χ3v) is 4.69. The number of nitrogens with one attached hydrogen (secondary N) is 1. The molecule has 0 atom stereocenters. The molecule has 0 unspecified atom stereocenters. The summed E-state index contributed by atoms with van der Waals surface area (Å²) in [7, 11) is 0. The van der Waals surface area contributed by atoms with Crippen LogP contribution in [0.5, 0.6) is 0 Å². The van der Waals surface area contributed by atoms with Crippen LogP contribution in [0.25, 0.3) is 5.57 Å². The van der Waals surface area contributed by atoms with Crippen LogP contribution < -0.4 is 5.32 Å². The molecule has 0 aromatic heterocycles. The van der Waals surface area contributed by atoms with Crippen LogP contribution in [0.15, 0.2) is 54.6 Å². The number of rotatable bonds is 6. The summed E-state index contributed by atoms with van der Waals surface area (Å²) in [5.74, 6) is -0.484. The third kappa shape index (κ3) is 6.01. The van der Waals surface area contributed by atoms with Crippen molar-refractivity contribution in [3.05, 3.63) is 71.6 Å². The molecule has 4 nitrogen and oxygen atoms in total. The molecule has 1 fully saturated rings. The van der Waals surface area contributed by atoms with E-state index in [-0.39, 0.29) is 11.7 Å². The van der Waals surface area contributed by atoms with E-state index in [9.17, 15) is 9.18 Å². The second-order valence-corrected chi connectivity index (χ2v) is 6.72. The van der Waals surface area contributed by atoms with Crippen molar-refractivity contribution in [2.45, 2.75) is 13.3 Å². The van der Waals surface area contributed by atoms with Gasteiger partial charge in [0.15, 0.2) is 0 Å². The van der Waals surface area contributed by atoms with E-state index in [1.807, 2.05) is 31.2 Å². The topological polar surface area (TPSA) is 41.6 Å². The highest BCUT2D eigenvalue weighted by molar-refractivity contribution is 6.03. The van der Waals surface area contributed by atoms with Crippen LogP contribution in [-0.2, 0) is 16.0 Å². The smallest absolute Gasteiger partial charge is 0.248 e. The molecule has 0 radical (unpaired) electrons. The molecule has 0 aliphatic carbocycles. The molecule has 1 heterocycles. The maximum Gasteiger partial charge on any atom is 0.248 e. The Kier molecular flexibility index (Phi) is 6.74. The van der Waals surface area contributed by atoms with Crippen LogP contribution in [0.4, 0.5) is 10.1 Å². The molecule has 142 valence electrons. The Labute approximate surface area is 159 Å². The summed E-state index contributed by atoms with van der Waals surface area (Å²) >= 11 is 0. The van der Waals surface area contributed by atoms with Crippen molar-refractivity contribution in [2.24, 2.45) is 0 Å². The first-order valence-electron chi connectivity index (χ1n) is 9.24. The van der Waals surface area contributed by atoms with Gasteiger partial charge in [-0.3, -0.25) is 9.69 Å². The lowest BCUT2D eigenvalue weighted by molar-refractivity contribution is -0.111. The summed E-state index contributed by atoms with van der Waals surface area (Å²) in [6, 6.07) is 14.1. The summed E-state index contributed by atoms with van der Waals surface area (Å²) in [4.78, 5) is 14.6. The number of carbonyl (C=O) groups excluding carboxylic acids is 1. The number of carbonyl (C=O) groups is 1. The number of allylic oxidation sites excluding steroid dienone is 1. The Morgan fingerprint density at radius 2 is 1.78 bits per heavy atom. The first kappa shape index (κ1) is 19.3. The number of anilines is 1. The van der Waals surface area contributed by atoms with Crippen LogP contribution in [0.3, 0.4) is 0 Å². The minimum Gasteiger partial charge on any atom is -0.379 e. The largest absolute Gasteiger partial charge is 0.379 e.